The minimum atomic E-state index is -0.531. The Morgan fingerprint density at radius 2 is 2.14 bits per heavy atom. The predicted octanol–water partition coefficient (Wildman–Crippen LogP) is 3.00. The van der Waals surface area contributed by atoms with Crippen LogP contribution in [0.5, 0.6) is 0 Å². The molecule has 0 spiro atoms. The molecule has 0 bridgehead atoms. The lowest BCUT2D eigenvalue weighted by Crippen LogP contribution is -2.30. The molecule has 0 aliphatic rings. The van der Waals surface area contributed by atoms with Gasteiger partial charge in [0.05, 0.1) is 16.6 Å². The van der Waals surface area contributed by atoms with Crippen LogP contribution < -0.4 is 10.9 Å². The lowest BCUT2D eigenvalue weighted by molar-refractivity contribution is -0.116. The first-order chi connectivity index (χ1) is 13.5. The van der Waals surface area contributed by atoms with Crippen LogP contribution in [0.2, 0.25) is 0 Å². The number of benzene rings is 1. The molecule has 9 heteroatoms. The molecular formula is C19H14FN5O2S. The molecule has 1 aromatic carbocycles. The Kier molecular flexibility index (Phi) is 4.66. The molecule has 3 heterocycles. The summed E-state index contributed by atoms with van der Waals surface area (Å²) >= 11 is 1.27. The number of aromatic nitrogens is 4. The van der Waals surface area contributed by atoms with E-state index in [9.17, 15) is 14.0 Å². The molecule has 0 unspecified atom stereocenters. The van der Waals surface area contributed by atoms with E-state index in [2.05, 4.69) is 20.3 Å². The fraction of sp³-hybridized carbons (Fsp3) is 0.105. The number of nitrogens with one attached hydrogen (secondary N) is 1. The maximum atomic E-state index is 13.5. The molecule has 0 aliphatic carbocycles. The molecule has 0 saturated carbocycles. The average Bonchev–Trinajstić information content (AvgIpc) is 3.15. The Morgan fingerprint density at radius 3 is 2.93 bits per heavy atom. The molecule has 0 saturated heterocycles. The second-order valence-corrected chi connectivity index (χ2v) is 6.90. The molecule has 0 fully saturated rings. The lowest BCUT2D eigenvalue weighted by atomic mass is 10.2. The van der Waals surface area contributed by atoms with Crippen molar-refractivity contribution in [3.05, 3.63) is 70.1 Å². The number of nitrogens with zero attached hydrogens (tertiary/aromatic N) is 4. The van der Waals surface area contributed by atoms with E-state index in [0.29, 0.717) is 22.2 Å². The zero-order valence-electron chi connectivity index (χ0n) is 14.7. The highest BCUT2D eigenvalue weighted by Crippen LogP contribution is 2.24. The second kappa shape index (κ2) is 7.28. The molecular weight excluding hydrogens is 381 g/mol. The summed E-state index contributed by atoms with van der Waals surface area (Å²) in [6, 6.07) is 7.49. The summed E-state index contributed by atoms with van der Waals surface area (Å²) in [5.74, 6) is -0.582. The largest absolute Gasteiger partial charge is 0.300 e. The van der Waals surface area contributed by atoms with Crippen LogP contribution in [0, 0.1) is 12.7 Å². The monoisotopic (exact) mass is 395 g/mol. The highest BCUT2D eigenvalue weighted by molar-refractivity contribution is 7.14. The summed E-state index contributed by atoms with van der Waals surface area (Å²) in [6.07, 6.45) is 3.35. The van der Waals surface area contributed by atoms with Crippen molar-refractivity contribution < 1.29 is 9.18 Å². The van der Waals surface area contributed by atoms with Crippen LogP contribution in [0.25, 0.3) is 22.2 Å². The van der Waals surface area contributed by atoms with Crippen LogP contribution >= 0.6 is 11.3 Å². The van der Waals surface area contributed by atoms with Gasteiger partial charge in [0.15, 0.2) is 5.13 Å². The van der Waals surface area contributed by atoms with E-state index in [0.717, 1.165) is 11.6 Å². The van der Waals surface area contributed by atoms with Crippen molar-refractivity contribution in [1.82, 2.24) is 19.5 Å². The first-order valence-corrected chi connectivity index (χ1v) is 9.22. The van der Waals surface area contributed by atoms with Crippen molar-refractivity contribution in [2.24, 2.45) is 0 Å². The van der Waals surface area contributed by atoms with Crippen molar-refractivity contribution in [3.63, 3.8) is 0 Å². The van der Waals surface area contributed by atoms with Crippen molar-refractivity contribution in [2.75, 3.05) is 5.32 Å². The minimum Gasteiger partial charge on any atom is -0.300 e. The highest BCUT2D eigenvalue weighted by Gasteiger charge is 2.14. The SMILES string of the molecule is Cc1nc2ccc(F)cc2c(=O)n1CC(=O)Nc1nc(-c2cccnc2)cs1. The summed E-state index contributed by atoms with van der Waals surface area (Å²) in [6.45, 7) is 1.38. The number of amides is 1. The summed E-state index contributed by atoms with van der Waals surface area (Å²) in [5, 5.41) is 5.03. The van der Waals surface area contributed by atoms with Gasteiger partial charge >= 0.3 is 0 Å². The summed E-state index contributed by atoms with van der Waals surface area (Å²) in [4.78, 5) is 37.7. The zero-order chi connectivity index (χ0) is 19.7. The van der Waals surface area contributed by atoms with Crippen molar-refractivity contribution in [2.45, 2.75) is 13.5 Å². The molecule has 28 heavy (non-hydrogen) atoms. The smallest absolute Gasteiger partial charge is 0.261 e. The normalized spacial score (nSPS) is 10.9. The third-order valence-electron chi connectivity index (χ3n) is 4.12. The van der Waals surface area contributed by atoms with Crippen LogP contribution in [0.15, 0.2) is 52.9 Å². The second-order valence-electron chi connectivity index (χ2n) is 6.04. The van der Waals surface area contributed by atoms with Gasteiger partial charge in [0.2, 0.25) is 5.91 Å². The Morgan fingerprint density at radius 1 is 1.29 bits per heavy atom. The van der Waals surface area contributed by atoms with Gasteiger partial charge in [0, 0.05) is 23.3 Å². The number of pyridine rings is 1. The van der Waals surface area contributed by atoms with Gasteiger partial charge in [-0.15, -0.1) is 11.3 Å². The molecule has 1 N–H and O–H groups in total. The van der Waals surface area contributed by atoms with Gasteiger partial charge in [-0.25, -0.2) is 14.4 Å². The first kappa shape index (κ1) is 17.9. The van der Waals surface area contributed by atoms with Gasteiger partial charge < -0.3 is 5.32 Å². The summed E-state index contributed by atoms with van der Waals surface area (Å²) in [5.41, 5.74) is 1.46. The maximum absolute atomic E-state index is 13.5. The first-order valence-electron chi connectivity index (χ1n) is 8.34. The Bertz CT molecular complexity index is 1240. The van der Waals surface area contributed by atoms with Gasteiger partial charge in [0.1, 0.15) is 18.2 Å². The van der Waals surface area contributed by atoms with Gasteiger partial charge in [-0.2, -0.15) is 0 Å². The number of carbonyl (C=O) groups is 1. The quantitative estimate of drug-likeness (QED) is 0.574. The van der Waals surface area contributed by atoms with Crippen LogP contribution in [-0.2, 0) is 11.3 Å². The number of hydrogen-bond acceptors (Lipinski definition) is 6. The topological polar surface area (TPSA) is 89.8 Å². The van der Waals surface area contributed by atoms with Gasteiger partial charge in [0.25, 0.3) is 5.56 Å². The molecule has 3 aromatic heterocycles. The molecule has 0 radical (unpaired) electrons. The number of thiazole rings is 1. The number of halogens is 1. The number of rotatable bonds is 4. The fourth-order valence-corrected chi connectivity index (χ4v) is 3.51. The van der Waals surface area contributed by atoms with Gasteiger partial charge in [-0.3, -0.25) is 19.1 Å². The summed E-state index contributed by atoms with van der Waals surface area (Å²) < 4.78 is 14.7. The molecule has 0 aliphatic heterocycles. The molecule has 4 aromatic rings. The van der Waals surface area contributed by atoms with Crippen LogP contribution in [0.4, 0.5) is 9.52 Å². The minimum absolute atomic E-state index is 0.131. The molecule has 0 atom stereocenters. The average molecular weight is 395 g/mol. The van der Waals surface area contributed by atoms with E-state index in [1.54, 1.807) is 25.4 Å². The van der Waals surface area contributed by atoms with Gasteiger partial charge in [-0.1, -0.05) is 0 Å². The fourth-order valence-electron chi connectivity index (χ4n) is 2.77. The zero-order valence-corrected chi connectivity index (χ0v) is 15.5. The third-order valence-corrected chi connectivity index (χ3v) is 4.87. The Balaban J connectivity index is 1.56. The van der Waals surface area contributed by atoms with Crippen molar-refractivity contribution in [1.29, 1.82) is 0 Å². The standard InChI is InChI=1S/C19H14FN5O2S/c1-11-22-15-5-4-13(20)7-14(15)18(27)25(11)9-17(26)24-19-23-16(10-28-19)12-3-2-6-21-8-12/h2-8,10H,9H2,1H3,(H,23,24,26). The summed E-state index contributed by atoms with van der Waals surface area (Å²) in [7, 11) is 0. The maximum Gasteiger partial charge on any atom is 0.261 e. The van der Waals surface area contributed by atoms with Crippen LogP contribution in [0.3, 0.4) is 0 Å². The van der Waals surface area contributed by atoms with Crippen molar-refractivity contribution in [3.8, 4) is 11.3 Å². The molecule has 7 nitrogen and oxygen atoms in total. The molecule has 4 rings (SSSR count). The third kappa shape index (κ3) is 3.52. The molecule has 140 valence electrons. The molecule has 1 amide bonds. The number of anilines is 1. The number of fused-ring (bicyclic) bond motifs is 1. The van der Waals surface area contributed by atoms with Crippen LogP contribution in [-0.4, -0.2) is 25.4 Å². The number of aryl methyl sites for hydroxylation is 1. The highest BCUT2D eigenvalue weighted by atomic mass is 32.1. The van der Waals surface area contributed by atoms with E-state index in [-0.39, 0.29) is 11.9 Å². The van der Waals surface area contributed by atoms with E-state index in [4.69, 9.17) is 0 Å². The van der Waals surface area contributed by atoms with E-state index < -0.39 is 17.3 Å². The van der Waals surface area contributed by atoms with E-state index in [1.807, 2.05) is 11.4 Å². The van der Waals surface area contributed by atoms with Crippen molar-refractivity contribution >= 4 is 33.3 Å². The van der Waals surface area contributed by atoms with Crippen LogP contribution in [0.1, 0.15) is 5.82 Å². The van der Waals surface area contributed by atoms with E-state index in [1.165, 1.54) is 28.0 Å². The Labute approximate surface area is 162 Å². The lowest BCUT2D eigenvalue weighted by Gasteiger charge is -2.10. The van der Waals surface area contributed by atoms with E-state index >= 15 is 0 Å². The number of hydrogen-bond donors (Lipinski definition) is 1. The number of carbonyl (C=O) groups excluding carboxylic acids is 1. The van der Waals surface area contributed by atoms with Gasteiger partial charge in [-0.05, 0) is 37.3 Å². The predicted molar refractivity (Wildman–Crippen MR) is 105 cm³/mol. The Hall–Kier alpha value is -3.46.